The van der Waals surface area contributed by atoms with Gasteiger partial charge in [-0.3, -0.25) is 15.0 Å². The van der Waals surface area contributed by atoms with Gasteiger partial charge < -0.3 is 9.88 Å². The van der Waals surface area contributed by atoms with E-state index in [2.05, 4.69) is 52.1 Å². The number of imide groups is 1. The van der Waals surface area contributed by atoms with Gasteiger partial charge in [0.25, 0.3) is 5.91 Å². The van der Waals surface area contributed by atoms with Gasteiger partial charge in [0.05, 0.1) is 17.6 Å². The summed E-state index contributed by atoms with van der Waals surface area (Å²) >= 11 is 0. The van der Waals surface area contributed by atoms with Crippen LogP contribution in [0.1, 0.15) is 45.5 Å². The van der Waals surface area contributed by atoms with Crippen LogP contribution in [-0.2, 0) is 11.3 Å². The first-order chi connectivity index (χ1) is 12.9. The van der Waals surface area contributed by atoms with Gasteiger partial charge in [0.15, 0.2) is 0 Å². The van der Waals surface area contributed by atoms with E-state index in [4.69, 9.17) is 4.98 Å². The Labute approximate surface area is 159 Å². The van der Waals surface area contributed by atoms with Gasteiger partial charge in [-0.25, -0.2) is 9.78 Å². The number of piperidine rings is 1. The average Bonchev–Trinajstić information content (AvgIpc) is 3.12. The zero-order valence-electron chi connectivity index (χ0n) is 16.2. The van der Waals surface area contributed by atoms with Gasteiger partial charge in [-0.2, -0.15) is 0 Å². The number of hydrogen-bond acceptors (Lipinski definition) is 4. The van der Waals surface area contributed by atoms with Crippen LogP contribution >= 0.6 is 0 Å². The molecule has 7 heteroatoms. The quantitative estimate of drug-likeness (QED) is 0.812. The normalized spacial score (nSPS) is 24.6. The van der Waals surface area contributed by atoms with Crippen molar-refractivity contribution in [3.63, 3.8) is 0 Å². The number of fused-ring (bicyclic) bond motifs is 1. The Balaban J connectivity index is 1.47. The Hall–Kier alpha value is -2.41. The van der Waals surface area contributed by atoms with E-state index in [1.165, 1.54) is 5.52 Å². The third-order valence-corrected chi connectivity index (χ3v) is 6.03. The fourth-order valence-electron chi connectivity index (χ4n) is 4.49. The molecule has 144 valence electrons. The SMILES string of the molecule is CC(C)n1c(CN2CCC(C3(C)NC(=O)NC3=O)CC2)nc2ccccc21. The largest absolute Gasteiger partial charge is 0.324 e. The highest BCUT2D eigenvalue weighted by Crippen LogP contribution is 2.31. The second-order valence-corrected chi connectivity index (χ2v) is 8.14. The number of urea groups is 1. The third-order valence-electron chi connectivity index (χ3n) is 6.03. The molecule has 2 aromatic rings. The number of benzene rings is 1. The number of nitrogens with one attached hydrogen (secondary N) is 2. The summed E-state index contributed by atoms with van der Waals surface area (Å²) in [7, 11) is 0. The highest BCUT2D eigenvalue weighted by molar-refractivity contribution is 6.06. The number of hydrogen-bond donors (Lipinski definition) is 2. The van der Waals surface area contributed by atoms with Crippen molar-refractivity contribution in [1.29, 1.82) is 0 Å². The van der Waals surface area contributed by atoms with E-state index in [0.717, 1.165) is 43.8 Å². The molecule has 0 saturated carbocycles. The summed E-state index contributed by atoms with van der Waals surface area (Å²) in [5.74, 6) is 1.04. The van der Waals surface area contributed by atoms with Gasteiger partial charge >= 0.3 is 6.03 Å². The van der Waals surface area contributed by atoms with Gasteiger partial charge in [-0.05, 0) is 64.8 Å². The van der Waals surface area contributed by atoms with Crippen molar-refractivity contribution in [3.05, 3.63) is 30.1 Å². The standard InChI is InChI=1S/C20H27N5O2/c1-13(2)25-16-7-5-4-6-15(16)21-17(25)12-24-10-8-14(9-11-24)20(3)18(26)22-19(27)23-20/h4-7,13-14H,8-12H2,1-3H3,(H2,22,23,26,27). The molecule has 2 aliphatic rings. The molecule has 4 rings (SSSR count). The number of likely N-dealkylation sites (tertiary alicyclic amines) is 1. The summed E-state index contributed by atoms with van der Waals surface area (Å²) < 4.78 is 2.31. The molecule has 0 spiro atoms. The molecule has 2 aliphatic heterocycles. The first-order valence-electron chi connectivity index (χ1n) is 9.70. The molecule has 3 heterocycles. The predicted molar refractivity (Wildman–Crippen MR) is 103 cm³/mol. The van der Waals surface area contributed by atoms with E-state index >= 15 is 0 Å². The van der Waals surface area contributed by atoms with Crippen molar-refractivity contribution in [2.24, 2.45) is 5.92 Å². The number of imidazole rings is 1. The Kier molecular flexibility index (Phi) is 4.42. The smallest absolute Gasteiger partial charge is 0.322 e. The molecule has 1 aromatic carbocycles. The van der Waals surface area contributed by atoms with Crippen molar-refractivity contribution < 1.29 is 9.59 Å². The number of nitrogens with zero attached hydrogens (tertiary/aromatic N) is 3. The molecule has 2 saturated heterocycles. The van der Waals surface area contributed by atoms with Crippen molar-refractivity contribution in [1.82, 2.24) is 25.1 Å². The second kappa shape index (κ2) is 6.64. The minimum atomic E-state index is -0.783. The fourth-order valence-corrected chi connectivity index (χ4v) is 4.49. The average molecular weight is 369 g/mol. The topological polar surface area (TPSA) is 79.3 Å². The molecule has 2 fully saturated rings. The number of rotatable bonds is 4. The molecule has 1 aromatic heterocycles. The summed E-state index contributed by atoms with van der Waals surface area (Å²) in [6, 6.07) is 8.24. The van der Waals surface area contributed by atoms with Crippen LogP contribution in [-0.4, -0.2) is 45.0 Å². The summed E-state index contributed by atoms with van der Waals surface area (Å²) in [6.45, 7) is 8.80. The third kappa shape index (κ3) is 3.10. The lowest BCUT2D eigenvalue weighted by molar-refractivity contribution is -0.125. The van der Waals surface area contributed by atoms with Gasteiger partial charge in [0, 0.05) is 6.04 Å². The zero-order chi connectivity index (χ0) is 19.2. The molecule has 3 amide bonds. The summed E-state index contributed by atoms with van der Waals surface area (Å²) in [5, 5.41) is 5.20. The van der Waals surface area contributed by atoms with Crippen molar-refractivity contribution in [3.8, 4) is 0 Å². The van der Waals surface area contributed by atoms with Crippen LogP contribution in [0.5, 0.6) is 0 Å². The number of para-hydroxylation sites is 2. The Morgan fingerprint density at radius 1 is 1.22 bits per heavy atom. The molecule has 0 bridgehead atoms. The first kappa shape index (κ1) is 18.0. The van der Waals surface area contributed by atoms with Crippen molar-refractivity contribution in [2.75, 3.05) is 13.1 Å². The molecular weight excluding hydrogens is 342 g/mol. The minimum Gasteiger partial charge on any atom is -0.324 e. The van der Waals surface area contributed by atoms with E-state index in [0.29, 0.717) is 6.04 Å². The Bertz CT molecular complexity index is 882. The molecule has 0 aliphatic carbocycles. The van der Waals surface area contributed by atoms with Crippen LogP contribution in [0.3, 0.4) is 0 Å². The van der Waals surface area contributed by atoms with Gasteiger partial charge in [-0.1, -0.05) is 12.1 Å². The zero-order valence-corrected chi connectivity index (χ0v) is 16.2. The second-order valence-electron chi connectivity index (χ2n) is 8.14. The number of aromatic nitrogens is 2. The van der Waals surface area contributed by atoms with Gasteiger partial charge in [0.2, 0.25) is 0 Å². The molecule has 7 nitrogen and oxygen atoms in total. The lowest BCUT2D eigenvalue weighted by atomic mass is 9.79. The first-order valence-corrected chi connectivity index (χ1v) is 9.70. The monoisotopic (exact) mass is 369 g/mol. The molecule has 2 N–H and O–H groups in total. The number of carbonyl (C=O) groups is 2. The van der Waals surface area contributed by atoms with Crippen LogP contribution in [0.15, 0.2) is 24.3 Å². The van der Waals surface area contributed by atoms with Gasteiger partial charge in [-0.15, -0.1) is 0 Å². The summed E-state index contributed by atoms with van der Waals surface area (Å²) in [6.07, 6.45) is 1.76. The summed E-state index contributed by atoms with van der Waals surface area (Å²) in [4.78, 5) is 31.0. The van der Waals surface area contributed by atoms with Crippen LogP contribution < -0.4 is 10.6 Å². The van der Waals surface area contributed by atoms with E-state index in [-0.39, 0.29) is 17.9 Å². The highest BCUT2D eigenvalue weighted by Gasteiger charge is 2.48. The van der Waals surface area contributed by atoms with Crippen LogP contribution in [0, 0.1) is 5.92 Å². The maximum Gasteiger partial charge on any atom is 0.322 e. The fraction of sp³-hybridized carbons (Fsp3) is 0.550. The lowest BCUT2D eigenvalue weighted by Crippen LogP contribution is -2.53. The molecule has 1 atom stereocenters. The molecule has 0 radical (unpaired) electrons. The Morgan fingerprint density at radius 2 is 1.93 bits per heavy atom. The maximum atomic E-state index is 12.2. The van der Waals surface area contributed by atoms with E-state index in [1.807, 2.05) is 13.0 Å². The summed E-state index contributed by atoms with van der Waals surface area (Å²) in [5.41, 5.74) is 1.43. The maximum absolute atomic E-state index is 12.2. The van der Waals surface area contributed by atoms with E-state index < -0.39 is 5.54 Å². The van der Waals surface area contributed by atoms with Gasteiger partial charge in [0.1, 0.15) is 11.4 Å². The Morgan fingerprint density at radius 3 is 2.56 bits per heavy atom. The van der Waals surface area contributed by atoms with Crippen LogP contribution in [0.25, 0.3) is 11.0 Å². The molecular formula is C20H27N5O2. The minimum absolute atomic E-state index is 0.157. The van der Waals surface area contributed by atoms with E-state index in [1.54, 1.807) is 0 Å². The molecule has 1 unspecified atom stereocenters. The van der Waals surface area contributed by atoms with Crippen molar-refractivity contribution >= 4 is 23.0 Å². The molecule has 27 heavy (non-hydrogen) atoms. The van der Waals surface area contributed by atoms with Crippen molar-refractivity contribution in [2.45, 2.75) is 51.7 Å². The van der Waals surface area contributed by atoms with Crippen LogP contribution in [0.2, 0.25) is 0 Å². The number of carbonyl (C=O) groups excluding carboxylic acids is 2. The van der Waals surface area contributed by atoms with E-state index in [9.17, 15) is 9.59 Å². The lowest BCUT2D eigenvalue weighted by Gasteiger charge is -2.38. The number of amides is 3. The predicted octanol–water partition coefficient (Wildman–Crippen LogP) is 2.43. The van der Waals surface area contributed by atoms with Crippen LogP contribution in [0.4, 0.5) is 4.79 Å². The highest BCUT2D eigenvalue weighted by atomic mass is 16.2.